The highest BCUT2D eigenvalue weighted by Crippen LogP contribution is 2.63. The number of alkyl halides is 18. The van der Waals surface area contributed by atoms with Gasteiger partial charge in [-0.1, -0.05) is 12.8 Å². The average molecular weight is 582 g/mol. The van der Waals surface area contributed by atoms with Gasteiger partial charge in [0, 0.05) is 0 Å². The smallest absolute Gasteiger partial charge is 0.351 e. The highest BCUT2D eigenvalue weighted by atomic mass is 19.4. The Hall–Kier alpha value is -1.38. The van der Waals surface area contributed by atoms with Crippen molar-refractivity contribution in [3.05, 3.63) is 0 Å². The Morgan fingerprint density at radius 3 is 1.19 bits per heavy atom. The average Bonchev–Trinajstić information content (AvgIpc) is 2.67. The molecular formula is C15H16F18N2O. The molecule has 0 aromatic carbocycles. The molecule has 218 valence electrons. The lowest BCUT2D eigenvalue weighted by Crippen LogP contribution is -2.80. The largest absolute Gasteiger partial charge is 0.460 e. The highest BCUT2D eigenvalue weighted by molar-refractivity contribution is 5.17. The summed E-state index contributed by atoms with van der Waals surface area (Å²) in [6, 6.07) is 0. The third kappa shape index (κ3) is 5.14. The Balaban J connectivity index is 6.83. The molecule has 0 radical (unpaired) electrons. The van der Waals surface area contributed by atoms with E-state index in [0.717, 1.165) is 0 Å². The third-order valence-electron chi connectivity index (χ3n) is 4.70. The number of unbranched alkanes of at least 4 members (excludes halogenated alkanes) is 3. The molecule has 4 N–H and O–H groups in total. The molecule has 0 amide bonds. The van der Waals surface area contributed by atoms with Crippen LogP contribution in [-0.4, -0.2) is 71.8 Å². The fourth-order valence-corrected chi connectivity index (χ4v) is 2.50. The van der Waals surface area contributed by atoms with Gasteiger partial charge in [-0.2, -0.15) is 74.6 Å². The van der Waals surface area contributed by atoms with Crippen LogP contribution in [0.25, 0.3) is 0 Å². The van der Waals surface area contributed by atoms with Gasteiger partial charge in [-0.15, -0.1) is 0 Å². The van der Waals surface area contributed by atoms with E-state index >= 15 is 0 Å². The van der Waals surface area contributed by atoms with Gasteiger partial charge in [-0.05, 0) is 25.9 Å². The second-order valence-electron chi connectivity index (χ2n) is 7.28. The maximum Gasteiger partial charge on any atom is 0.460 e. The van der Waals surface area contributed by atoms with Crippen molar-refractivity contribution in [1.82, 2.24) is 5.32 Å². The predicted molar refractivity (Wildman–Crippen MR) is 82.3 cm³/mol. The number of halogens is 18. The summed E-state index contributed by atoms with van der Waals surface area (Å²) in [6.45, 7) is -1.83. The molecule has 0 aliphatic rings. The van der Waals surface area contributed by atoms with Gasteiger partial charge < -0.3 is 10.8 Å². The first-order valence-electron chi connectivity index (χ1n) is 9.14. The molecule has 36 heavy (non-hydrogen) atoms. The lowest BCUT2D eigenvalue weighted by molar-refractivity contribution is -0.469. The summed E-state index contributed by atoms with van der Waals surface area (Å²) < 4.78 is 238. The van der Waals surface area contributed by atoms with Crippen molar-refractivity contribution in [2.45, 2.75) is 79.3 Å². The number of hydrogen-bond donors (Lipinski definition) is 3. The van der Waals surface area contributed by atoms with Gasteiger partial charge in [0.2, 0.25) is 0 Å². The second kappa shape index (κ2) is 10.1. The first-order valence-corrected chi connectivity index (χ1v) is 9.14. The quantitative estimate of drug-likeness (QED) is 0.148. The first kappa shape index (κ1) is 34.6. The van der Waals surface area contributed by atoms with E-state index in [-0.39, 0.29) is 31.1 Å². The van der Waals surface area contributed by atoms with E-state index < -0.39 is 66.6 Å². The van der Waals surface area contributed by atoms with Crippen LogP contribution in [0, 0.1) is 0 Å². The highest BCUT2D eigenvalue weighted by Gasteiger charge is 2.95. The number of hydrogen-bond acceptors (Lipinski definition) is 3. The van der Waals surface area contributed by atoms with E-state index in [2.05, 4.69) is 0 Å². The molecule has 0 aromatic rings. The van der Waals surface area contributed by atoms with Gasteiger partial charge in [0.05, 0.1) is 0 Å². The molecule has 0 rings (SSSR count). The van der Waals surface area contributed by atoms with Gasteiger partial charge in [-0.3, -0.25) is 5.32 Å². The normalized spacial score (nSPS) is 18.7. The third-order valence-corrected chi connectivity index (χ3v) is 4.70. The van der Waals surface area contributed by atoms with E-state index in [1.807, 2.05) is 0 Å². The fraction of sp³-hybridized carbons (Fsp3) is 1.00. The summed E-state index contributed by atoms with van der Waals surface area (Å²) >= 11 is 0. The van der Waals surface area contributed by atoms with E-state index in [9.17, 15) is 79.0 Å². The van der Waals surface area contributed by atoms with Crippen molar-refractivity contribution in [2.75, 3.05) is 13.1 Å². The van der Waals surface area contributed by atoms with Crippen LogP contribution in [0.1, 0.15) is 25.7 Å². The molecule has 2 unspecified atom stereocenters. The van der Waals surface area contributed by atoms with Crippen LogP contribution in [0.5, 0.6) is 0 Å². The standard InChI is InChI=1S/C15H16F18N2O/c16-7(17,9(20,21)11(24,25)14(28,29)30)8(18,19)10(22,23)12(26,13(27,36)15(31,32)33)35-6-4-2-1-3-5-34/h35-36H,1-6,34H2. The van der Waals surface area contributed by atoms with Crippen LogP contribution in [0.4, 0.5) is 79.0 Å². The van der Waals surface area contributed by atoms with E-state index in [1.54, 1.807) is 0 Å². The molecule has 0 bridgehead atoms. The Morgan fingerprint density at radius 1 is 0.472 bits per heavy atom. The van der Waals surface area contributed by atoms with Crippen LogP contribution in [-0.2, 0) is 0 Å². The number of aliphatic hydroxyl groups is 1. The maximum absolute atomic E-state index is 14.7. The van der Waals surface area contributed by atoms with Gasteiger partial charge in [0.15, 0.2) is 0 Å². The summed E-state index contributed by atoms with van der Waals surface area (Å²) in [5.74, 6) is -57.1. The van der Waals surface area contributed by atoms with Gasteiger partial charge in [-0.25, -0.2) is 4.39 Å². The van der Waals surface area contributed by atoms with E-state index in [4.69, 9.17) is 10.8 Å². The minimum atomic E-state index is -8.72. The first-order chi connectivity index (χ1) is 15.6. The lowest BCUT2D eigenvalue weighted by atomic mass is 9.85. The Labute approximate surface area is 189 Å². The van der Waals surface area contributed by atoms with Gasteiger partial charge in [0.1, 0.15) is 0 Å². The molecule has 0 saturated heterocycles. The van der Waals surface area contributed by atoms with Crippen LogP contribution < -0.4 is 11.1 Å². The molecule has 0 aromatic heterocycles. The predicted octanol–water partition coefficient (Wildman–Crippen LogP) is 5.72. The number of rotatable bonds is 13. The topological polar surface area (TPSA) is 58.3 Å². The molecule has 0 aliphatic heterocycles. The van der Waals surface area contributed by atoms with Gasteiger partial charge >= 0.3 is 47.8 Å². The number of nitrogens with one attached hydrogen (secondary N) is 1. The molecule has 0 aliphatic carbocycles. The Bertz CT molecular complexity index is 731. The molecular weight excluding hydrogens is 566 g/mol. The van der Waals surface area contributed by atoms with Crippen LogP contribution in [0.3, 0.4) is 0 Å². The SMILES string of the molecule is NCCCCCCNC(F)(C(O)(F)C(F)(F)F)C(F)(F)C(F)(F)C(F)(F)C(F)(F)C(F)(F)C(F)(F)F. The summed E-state index contributed by atoms with van der Waals surface area (Å²) in [5, 5.41) is 8.65. The van der Waals surface area contributed by atoms with E-state index in [1.165, 1.54) is 0 Å². The molecule has 3 nitrogen and oxygen atoms in total. The molecule has 0 heterocycles. The molecule has 21 heteroatoms. The minimum Gasteiger partial charge on any atom is -0.351 e. The molecule has 0 saturated carbocycles. The van der Waals surface area contributed by atoms with Crippen molar-refractivity contribution in [2.24, 2.45) is 5.73 Å². The molecule has 2 atom stereocenters. The molecule has 0 spiro atoms. The van der Waals surface area contributed by atoms with Crippen molar-refractivity contribution in [3.8, 4) is 0 Å². The van der Waals surface area contributed by atoms with E-state index in [0.29, 0.717) is 0 Å². The summed E-state index contributed by atoms with van der Waals surface area (Å²) in [5.41, 5.74) is 5.03. The number of nitrogens with two attached hydrogens (primary N) is 1. The minimum absolute atomic E-state index is 0.00208. The van der Waals surface area contributed by atoms with Crippen LogP contribution in [0.2, 0.25) is 0 Å². The zero-order valence-corrected chi connectivity index (χ0v) is 17.1. The lowest BCUT2D eigenvalue weighted by Gasteiger charge is -2.46. The van der Waals surface area contributed by atoms with Gasteiger partial charge in [0.25, 0.3) is 5.79 Å². The van der Waals surface area contributed by atoms with Crippen molar-refractivity contribution >= 4 is 0 Å². The summed E-state index contributed by atoms with van der Waals surface area (Å²) in [4.78, 5) is 0. The van der Waals surface area contributed by atoms with Crippen LogP contribution >= 0.6 is 0 Å². The van der Waals surface area contributed by atoms with Crippen molar-refractivity contribution in [3.63, 3.8) is 0 Å². The zero-order chi connectivity index (χ0) is 29.4. The van der Waals surface area contributed by atoms with Crippen molar-refractivity contribution < 1.29 is 84.1 Å². The maximum atomic E-state index is 14.7. The summed E-state index contributed by atoms with van der Waals surface area (Å²) in [6.07, 6.45) is -16.3. The Kier molecular flexibility index (Phi) is 9.68. The zero-order valence-electron chi connectivity index (χ0n) is 17.1. The molecule has 0 fully saturated rings. The summed E-state index contributed by atoms with van der Waals surface area (Å²) in [7, 11) is 0. The van der Waals surface area contributed by atoms with Crippen LogP contribution in [0.15, 0.2) is 0 Å². The second-order valence-corrected chi connectivity index (χ2v) is 7.28. The monoisotopic (exact) mass is 582 g/mol. The fourth-order valence-electron chi connectivity index (χ4n) is 2.50. The Morgan fingerprint density at radius 2 is 0.833 bits per heavy atom. The van der Waals surface area contributed by atoms with Crippen molar-refractivity contribution in [1.29, 1.82) is 0 Å².